The molecule has 0 fully saturated rings. The molecule has 0 saturated carbocycles. The van der Waals surface area contributed by atoms with Gasteiger partial charge in [-0.15, -0.1) is 11.3 Å². The van der Waals surface area contributed by atoms with Gasteiger partial charge in [0.15, 0.2) is 17.5 Å². The van der Waals surface area contributed by atoms with Gasteiger partial charge in [0.2, 0.25) is 0 Å². The van der Waals surface area contributed by atoms with Crippen LogP contribution in [0.3, 0.4) is 0 Å². The Bertz CT molecular complexity index is 2910. The van der Waals surface area contributed by atoms with Crippen LogP contribution in [-0.4, -0.2) is 15.0 Å². The number of rotatable bonds is 5. The number of hydrogen-bond donors (Lipinski definition) is 0. The van der Waals surface area contributed by atoms with Gasteiger partial charge in [-0.05, 0) is 74.1 Å². The molecule has 0 spiro atoms. The Labute approximate surface area is 299 Å². The van der Waals surface area contributed by atoms with Crippen molar-refractivity contribution in [1.29, 1.82) is 0 Å². The van der Waals surface area contributed by atoms with Crippen LogP contribution in [0.15, 0.2) is 176 Å². The van der Waals surface area contributed by atoms with E-state index in [2.05, 4.69) is 176 Å². The highest BCUT2D eigenvalue weighted by atomic mass is 32.1. The molecule has 2 heterocycles. The first-order valence-electron chi connectivity index (χ1n) is 17.1. The first-order chi connectivity index (χ1) is 25.2. The second kappa shape index (κ2) is 12.1. The smallest absolute Gasteiger partial charge is 0.165 e. The molecule has 10 aromatic rings. The van der Waals surface area contributed by atoms with Gasteiger partial charge in [0.05, 0.1) is 0 Å². The van der Waals surface area contributed by atoms with Gasteiger partial charge in [0.25, 0.3) is 0 Å². The van der Waals surface area contributed by atoms with Gasteiger partial charge in [-0.2, -0.15) is 0 Å². The molecule has 0 N–H and O–H groups in total. The maximum absolute atomic E-state index is 5.34. The van der Waals surface area contributed by atoms with Gasteiger partial charge in [-0.3, -0.25) is 0 Å². The van der Waals surface area contributed by atoms with Gasteiger partial charge in [-0.1, -0.05) is 146 Å². The molecule has 0 saturated heterocycles. The molecule has 0 amide bonds. The molecule has 2 aromatic heterocycles. The lowest BCUT2D eigenvalue weighted by atomic mass is 9.94. The molecule has 8 aromatic carbocycles. The molecule has 10 rings (SSSR count). The van der Waals surface area contributed by atoms with Crippen molar-refractivity contribution in [2.24, 2.45) is 0 Å². The third kappa shape index (κ3) is 5.25. The highest BCUT2D eigenvalue weighted by molar-refractivity contribution is 7.26. The summed E-state index contributed by atoms with van der Waals surface area (Å²) in [5, 5.41) is 7.02. The van der Waals surface area contributed by atoms with E-state index in [1.807, 2.05) is 0 Å². The van der Waals surface area contributed by atoms with Crippen molar-refractivity contribution in [3.63, 3.8) is 0 Å². The molecule has 0 aliphatic carbocycles. The van der Waals surface area contributed by atoms with Crippen LogP contribution in [0.25, 0.3) is 98.1 Å². The Morgan fingerprint density at radius 2 is 0.863 bits per heavy atom. The third-order valence-electron chi connectivity index (χ3n) is 9.70. The molecule has 0 radical (unpaired) electrons. The summed E-state index contributed by atoms with van der Waals surface area (Å²) in [7, 11) is 0. The SMILES string of the molecule is c1ccc(-c2ccc3cc(-c4nc(-c5ccc6ccccc6c5)nc(-c5c(-c6ccccc6)ccc6sc7ccccc7c56)n4)ccc3c2)cc1. The van der Waals surface area contributed by atoms with Crippen LogP contribution in [-0.2, 0) is 0 Å². The van der Waals surface area contributed by atoms with Crippen molar-refractivity contribution >= 4 is 53.1 Å². The second-order valence-corrected chi connectivity index (χ2v) is 13.9. The maximum Gasteiger partial charge on any atom is 0.165 e. The van der Waals surface area contributed by atoms with Crippen LogP contribution in [0, 0.1) is 0 Å². The average Bonchev–Trinajstić information content (AvgIpc) is 3.59. The zero-order valence-electron chi connectivity index (χ0n) is 27.5. The molecule has 3 nitrogen and oxygen atoms in total. The molecule has 0 aliphatic rings. The molecule has 238 valence electrons. The van der Waals surface area contributed by atoms with Gasteiger partial charge in [0, 0.05) is 36.9 Å². The fraction of sp³-hybridized carbons (Fsp3) is 0. The first-order valence-corrected chi connectivity index (χ1v) is 17.9. The van der Waals surface area contributed by atoms with E-state index in [4.69, 9.17) is 15.0 Å². The fourth-order valence-corrected chi connectivity index (χ4v) is 8.29. The van der Waals surface area contributed by atoms with Crippen LogP contribution in [0.4, 0.5) is 0 Å². The first kappa shape index (κ1) is 29.4. The lowest BCUT2D eigenvalue weighted by molar-refractivity contribution is 1.08. The van der Waals surface area contributed by atoms with Crippen LogP contribution >= 0.6 is 11.3 Å². The van der Waals surface area contributed by atoms with Gasteiger partial charge >= 0.3 is 0 Å². The minimum absolute atomic E-state index is 0.646. The minimum atomic E-state index is 0.646. The Morgan fingerprint density at radius 3 is 1.59 bits per heavy atom. The summed E-state index contributed by atoms with van der Waals surface area (Å²) in [6.45, 7) is 0. The van der Waals surface area contributed by atoms with E-state index in [9.17, 15) is 0 Å². The highest BCUT2D eigenvalue weighted by Crippen LogP contribution is 2.44. The Kier molecular flexibility index (Phi) is 7.00. The molecule has 4 heteroatoms. The van der Waals surface area contributed by atoms with E-state index in [1.54, 1.807) is 11.3 Å². The van der Waals surface area contributed by atoms with Crippen LogP contribution in [0.5, 0.6) is 0 Å². The standard InChI is InChI=1S/C47H29N3S/c1-3-11-30(12-4-1)34-20-21-36-29-38(24-22-35(36)27-34)46-48-45(37-23-19-31-13-7-8-16-33(31)28-37)49-47(50-46)44-39(32-14-5-2-6-15-32)25-26-42-43(44)40-17-9-10-18-41(40)51-42/h1-29H. The summed E-state index contributed by atoms with van der Waals surface area (Å²) in [5.74, 6) is 1.96. The zero-order chi connectivity index (χ0) is 33.7. The van der Waals surface area contributed by atoms with E-state index in [-0.39, 0.29) is 0 Å². The van der Waals surface area contributed by atoms with Crippen molar-refractivity contribution in [2.75, 3.05) is 0 Å². The summed E-state index contributed by atoms with van der Waals surface area (Å²) < 4.78 is 2.45. The number of hydrogen-bond acceptors (Lipinski definition) is 4. The average molecular weight is 668 g/mol. The van der Waals surface area contributed by atoms with E-state index < -0.39 is 0 Å². The van der Waals surface area contributed by atoms with E-state index in [0.717, 1.165) is 38.6 Å². The predicted octanol–water partition coefficient (Wildman–Crippen LogP) is 12.9. The molecule has 0 atom stereocenters. The Morgan fingerprint density at radius 1 is 0.333 bits per heavy atom. The van der Waals surface area contributed by atoms with Crippen molar-refractivity contribution in [2.45, 2.75) is 0 Å². The Hall–Kier alpha value is -6.49. The summed E-state index contributed by atoms with van der Waals surface area (Å²) in [6, 6.07) is 62.2. The van der Waals surface area contributed by atoms with E-state index in [0.29, 0.717) is 17.5 Å². The number of benzene rings is 8. The van der Waals surface area contributed by atoms with Crippen LogP contribution in [0.1, 0.15) is 0 Å². The van der Waals surface area contributed by atoms with Crippen molar-refractivity contribution in [1.82, 2.24) is 15.0 Å². The number of fused-ring (bicyclic) bond motifs is 5. The third-order valence-corrected chi connectivity index (χ3v) is 10.8. The zero-order valence-corrected chi connectivity index (χ0v) is 28.3. The summed E-state index contributed by atoms with van der Waals surface area (Å²) >= 11 is 1.81. The topological polar surface area (TPSA) is 38.7 Å². The fourth-order valence-electron chi connectivity index (χ4n) is 7.18. The maximum atomic E-state index is 5.34. The van der Waals surface area contributed by atoms with E-state index in [1.165, 1.54) is 42.1 Å². The predicted molar refractivity (Wildman–Crippen MR) is 215 cm³/mol. The molecule has 51 heavy (non-hydrogen) atoms. The van der Waals surface area contributed by atoms with E-state index >= 15 is 0 Å². The summed E-state index contributed by atoms with van der Waals surface area (Å²) in [6.07, 6.45) is 0. The number of aromatic nitrogens is 3. The van der Waals surface area contributed by atoms with Gasteiger partial charge in [-0.25, -0.2) is 15.0 Å². The highest BCUT2D eigenvalue weighted by Gasteiger charge is 2.21. The number of thiophene rings is 1. The molecule has 0 aliphatic heterocycles. The van der Waals surface area contributed by atoms with Crippen molar-refractivity contribution in [3.05, 3.63) is 176 Å². The normalized spacial score (nSPS) is 11.5. The van der Waals surface area contributed by atoms with Crippen LogP contribution < -0.4 is 0 Å². The Balaban J connectivity index is 1.23. The summed E-state index contributed by atoms with van der Waals surface area (Å²) in [4.78, 5) is 15.8. The quantitative estimate of drug-likeness (QED) is 0.183. The number of nitrogens with zero attached hydrogens (tertiary/aromatic N) is 3. The van der Waals surface area contributed by atoms with Gasteiger partial charge in [0.1, 0.15) is 0 Å². The summed E-state index contributed by atoms with van der Waals surface area (Å²) in [5.41, 5.74) is 7.55. The van der Waals surface area contributed by atoms with Crippen molar-refractivity contribution in [3.8, 4) is 56.4 Å². The monoisotopic (exact) mass is 667 g/mol. The second-order valence-electron chi connectivity index (χ2n) is 12.8. The van der Waals surface area contributed by atoms with Crippen molar-refractivity contribution < 1.29 is 0 Å². The van der Waals surface area contributed by atoms with Crippen LogP contribution in [0.2, 0.25) is 0 Å². The van der Waals surface area contributed by atoms with Gasteiger partial charge < -0.3 is 0 Å². The molecular formula is C47H29N3S. The minimum Gasteiger partial charge on any atom is -0.208 e. The largest absolute Gasteiger partial charge is 0.208 e. The molecule has 0 unspecified atom stereocenters. The molecule has 0 bridgehead atoms. The lowest BCUT2D eigenvalue weighted by Gasteiger charge is -2.14. The lowest BCUT2D eigenvalue weighted by Crippen LogP contribution is -2.01. The molecular weight excluding hydrogens is 639 g/mol.